The van der Waals surface area contributed by atoms with Gasteiger partial charge in [-0.25, -0.2) is 13.4 Å². The van der Waals surface area contributed by atoms with Gasteiger partial charge in [0.05, 0.1) is 17.1 Å². The molecular formula is C19H23N3O3S. The minimum absolute atomic E-state index is 0.0614. The van der Waals surface area contributed by atoms with Gasteiger partial charge < -0.3 is 10.2 Å². The number of hydrogen-bond donors (Lipinski definition) is 1. The number of carbonyl (C=O) groups is 1. The van der Waals surface area contributed by atoms with Crippen molar-refractivity contribution < 1.29 is 13.2 Å². The summed E-state index contributed by atoms with van der Waals surface area (Å²) in [6.07, 6.45) is 2.14. The van der Waals surface area contributed by atoms with Crippen LogP contribution in [0.4, 0.5) is 5.82 Å². The van der Waals surface area contributed by atoms with E-state index in [0.717, 1.165) is 5.56 Å². The fourth-order valence-corrected chi connectivity index (χ4v) is 4.76. The number of aryl methyl sites for hydroxylation is 1. The first-order valence-electron chi connectivity index (χ1n) is 8.57. The minimum Gasteiger partial charge on any atom is -0.356 e. The first-order valence-corrected chi connectivity index (χ1v) is 10.4. The average molecular weight is 373 g/mol. The van der Waals surface area contributed by atoms with Crippen LogP contribution in [0.25, 0.3) is 0 Å². The zero-order valence-corrected chi connectivity index (χ0v) is 15.8. The van der Waals surface area contributed by atoms with Crippen LogP contribution in [-0.2, 0) is 16.4 Å². The van der Waals surface area contributed by atoms with E-state index in [0.29, 0.717) is 24.3 Å². The summed E-state index contributed by atoms with van der Waals surface area (Å²) in [5.74, 6) is 0.865. The summed E-state index contributed by atoms with van der Waals surface area (Å²) in [4.78, 5) is 18.5. The number of aromatic nitrogens is 1. The second-order valence-electron chi connectivity index (χ2n) is 6.74. The molecular weight excluding hydrogens is 350 g/mol. The second-order valence-corrected chi connectivity index (χ2v) is 8.97. The number of carbonyl (C=O) groups excluding carboxylic acids is 1. The third-order valence-electron chi connectivity index (χ3n) is 4.70. The van der Waals surface area contributed by atoms with Crippen molar-refractivity contribution in [3.05, 3.63) is 59.3 Å². The van der Waals surface area contributed by atoms with E-state index in [4.69, 9.17) is 0 Å². The molecule has 1 aromatic carbocycles. The van der Waals surface area contributed by atoms with E-state index in [-0.39, 0.29) is 23.5 Å². The van der Waals surface area contributed by atoms with E-state index in [9.17, 15) is 13.2 Å². The lowest BCUT2D eigenvalue weighted by atomic mass is 10.1. The first-order chi connectivity index (χ1) is 12.3. The van der Waals surface area contributed by atoms with E-state index >= 15 is 0 Å². The third kappa shape index (κ3) is 4.40. The van der Waals surface area contributed by atoms with Gasteiger partial charge in [0.1, 0.15) is 5.82 Å². The van der Waals surface area contributed by atoms with Crippen molar-refractivity contribution in [1.82, 2.24) is 10.3 Å². The molecule has 26 heavy (non-hydrogen) atoms. The maximum absolute atomic E-state index is 12.3. The number of sulfone groups is 1. The third-order valence-corrected chi connectivity index (χ3v) is 6.45. The Hall–Kier alpha value is -2.41. The van der Waals surface area contributed by atoms with Gasteiger partial charge in [-0.1, -0.05) is 29.8 Å². The van der Waals surface area contributed by atoms with Crippen LogP contribution >= 0.6 is 0 Å². The Balaban J connectivity index is 1.59. The van der Waals surface area contributed by atoms with Gasteiger partial charge in [0.15, 0.2) is 9.84 Å². The van der Waals surface area contributed by atoms with Crippen molar-refractivity contribution in [2.75, 3.05) is 23.5 Å². The normalized spacial score (nSPS) is 18.5. The number of pyridine rings is 1. The lowest BCUT2D eigenvalue weighted by Crippen LogP contribution is -2.33. The standard InChI is InChI=1S/C19H23N3O3S/c1-14-3-5-15(6-4-14)11-21-19(23)16-7-8-18(20-12-16)22(2)17-9-10-26(24,25)13-17/h3-8,12,17H,9-11,13H2,1-2H3,(H,21,23). The van der Waals surface area contributed by atoms with Gasteiger partial charge >= 0.3 is 0 Å². The Bertz CT molecular complexity index is 877. The Kier molecular flexibility index (Phi) is 5.27. The van der Waals surface area contributed by atoms with Gasteiger partial charge in [0, 0.05) is 25.8 Å². The van der Waals surface area contributed by atoms with Crippen LogP contribution in [0.1, 0.15) is 27.9 Å². The summed E-state index contributed by atoms with van der Waals surface area (Å²) < 4.78 is 23.3. The quantitative estimate of drug-likeness (QED) is 0.866. The lowest BCUT2D eigenvalue weighted by molar-refractivity contribution is 0.0950. The van der Waals surface area contributed by atoms with Crippen molar-refractivity contribution in [1.29, 1.82) is 0 Å². The van der Waals surface area contributed by atoms with Gasteiger partial charge in [-0.15, -0.1) is 0 Å². The second kappa shape index (κ2) is 7.45. The maximum Gasteiger partial charge on any atom is 0.253 e. The molecule has 0 saturated carbocycles. The van der Waals surface area contributed by atoms with Crippen LogP contribution in [0.15, 0.2) is 42.6 Å². The van der Waals surface area contributed by atoms with Gasteiger partial charge in [0.25, 0.3) is 5.91 Å². The predicted octanol–water partition coefficient (Wildman–Crippen LogP) is 1.94. The van der Waals surface area contributed by atoms with E-state index < -0.39 is 9.84 Å². The van der Waals surface area contributed by atoms with Crippen LogP contribution in [0.3, 0.4) is 0 Å². The fourth-order valence-electron chi connectivity index (χ4n) is 2.99. The summed E-state index contributed by atoms with van der Waals surface area (Å²) in [5, 5.41) is 2.88. The fraction of sp³-hybridized carbons (Fsp3) is 0.368. The molecule has 0 radical (unpaired) electrons. The number of benzene rings is 1. The molecule has 1 amide bonds. The molecule has 1 N–H and O–H groups in total. The highest BCUT2D eigenvalue weighted by Gasteiger charge is 2.31. The summed E-state index contributed by atoms with van der Waals surface area (Å²) in [5.41, 5.74) is 2.70. The molecule has 0 aliphatic carbocycles. The summed E-state index contributed by atoms with van der Waals surface area (Å²) in [7, 11) is -1.10. The van der Waals surface area contributed by atoms with E-state index in [1.807, 2.05) is 43.1 Å². The van der Waals surface area contributed by atoms with Gasteiger partial charge in [0.2, 0.25) is 0 Å². The molecule has 1 fully saturated rings. The zero-order valence-electron chi connectivity index (χ0n) is 15.0. The van der Waals surface area contributed by atoms with E-state index in [1.54, 1.807) is 12.1 Å². The molecule has 0 spiro atoms. The number of hydrogen-bond acceptors (Lipinski definition) is 5. The van der Waals surface area contributed by atoms with Crippen molar-refractivity contribution in [3.63, 3.8) is 0 Å². The molecule has 1 atom stereocenters. The SMILES string of the molecule is Cc1ccc(CNC(=O)c2ccc(N(C)C3CCS(=O)(=O)C3)nc2)cc1. The van der Waals surface area contributed by atoms with Crippen LogP contribution in [0.5, 0.6) is 0 Å². The van der Waals surface area contributed by atoms with Crippen molar-refractivity contribution in [2.24, 2.45) is 0 Å². The molecule has 6 nitrogen and oxygen atoms in total. The monoisotopic (exact) mass is 373 g/mol. The number of anilines is 1. The maximum atomic E-state index is 12.3. The average Bonchev–Trinajstić information content (AvgIpc) is 3.00. The van der Waals surface area contributed by atoms with Crippen LogP contribution in [0, 0.1) is 6.92 Å². The largest absolute Gasteiger partial charge is 0.356 e. The Morgan fingerprint density at radius 3 is 2.54 bits per heavy atom. The highest BCUT2D eigenvalue weighted by atomic mass is 32.2. The molecule has 2 aromatic rings. The van der Waals surface area contributed by atoms with Gasteiger partial charge in [-0.3, -0.25) is 4.79 Å². The van der Waals surface area contributed by atoms with Crippen molar-refractivity contribution in [2.45, 2.75) is 25.9 Å². The molecule has 0 bridgehead atoms. The molecule has 3 rings (SSSR count). The van der Waals surface area contributed by atoms with Crippen LogP contribution < -0.4 is 10.2 Å². The Morgan fingerprint density at radius 2 is 1.96 bits per heavy atom. The highest BCUT2D eigenvalue weighted by molar-refractivity contribution is 7.91. The van der Waals surface area contributed by atoms with Crippen molar-refractivity contribution in [3.8, 4) is 0 Å². The summed E-state index contributed by atoms with van der Waals surface area (Å²) in [6, 6.07) is 11.4. The first kappa shape index (κ1) is 18.4. The summed E-state index contributed by atoms with van der Waals surface area (Å²) >= 11 is 0. The number of nitrogens with one attached hydrogen (secondary N) is 1. The van der Waals surface area contributed by atoms with Crippen LogP contribution in [0.2, 0.25) is 0 Å². The predicted molar refractivity (Wildman–Crippen MR) is 102 cm³/mol. The van der Waals surface area contributed by atoms with Crippen LogP contribution in [-0.4, -0.2) is 43.9 Å². The Labute approximate surface area is 154 Å². The smallest absolute Gasteiger partial charge is 0.253 e. The van der Waals surface area contributed by atoms with E-state index in [1.165, 1.54) is 11.8 Å². The Morgan fingerprint density at radius 1 is 1.23 bits per heavy atom. The van der Waals surface area contributed by atoms with Gasteiger partial charge in [-0.2, -0.15) is 0 Å². The molecule has 1 aliphatic heterocycles. The number of rotatable bonds is 5. The number of amides is 1. The molecule has 2 heterocycles. The van der Waals surface area contributed by atoms with Gasteiger partial charge in [-0.05, 0) is 31.0 Å². The molecule has 1 saturated heterocycles. The molecule has 138 valence electrons. The molecule has 1 aromatic heterocycles. The molecule has 1 unspecified atom stereocenters. The molecule has 1 aliphatic rings. The van der Waals surface area contributed by atoms with Crippen molar-refractivity contribution >= 4 is 21.6 Å². The molecule has 7 heteroatoms. The lowest BCUT2D eigenvalue weighted by Gasteiger charge is -2.24. The highest BCUT2D eigenvalue weighted by Crippen LogP contribution is 2.21. The summed E-state index contributed by atoms with van der Waals surface area (Å²) in [6.45, 7) is 2.48. The number of nitrogens with zero attached hydrogens (tertiary/aromatic N) is 2. The topological polar surface area (TPSA) is 79.4 Å². The zero-order chi connectivity index (χ0) is 18.7. The van der Waals surface area contributed by atoms with E-state index in [2.05, 4.69) is 10.3 Å². The minimum atomic E-state index is -2.94.